The van der Waals surface area contributed by atoms with Gasteiger partial charge in [-0.25, -0.2) is 15.0 Å². The van der Waals surface area contributed by atoms with Crippen molar-refractivity contribution >= 4 is 44.7 Å². The molecule has 0 atom stereocenters. The van der Waals surface area contributed by atoms with Crippen LogP contribution in [0.15, 0.2) is 45.4 Å². The van der Waals surface area contributed by atoms with Crippen LogP contribution in [0.5, 0.6) is 0 Å². The highest BCUT2D eigenvalue weighted by molar-refractivity contribution is 9.12. The fraction of sp³-hybridized carbons (Fsp3) is 0.421. The van der Waals surface area contributed by atoms with E-state index in [0.717, 1.165) is 45.5 Å². The van der Waals surface area contributed by atoms with Crippen LogP contribution >= 0.6 is 27.7 Å². The number of nitrogen functional groups attached to an aromatic ring is 1. The van der Waals surface area contributed by atoms with E-state index in [1.54, 1.807) is 6.08 Å². The highest BCUT2D eigenvalue weighted by atomic mass is 79.9. The van der Waals surface area contributed by atoms with Gasteiger partial charge < -0.3 is 25.1 Å². The van der Waals surface area contributed by atoms with E-state index < -0.39 is 0 Å². The van der Waals surface area contributed by atoms with Gasteiger partial charge in [-0.3, -0.25) is 0 Å². The van der Waals surface area contributed by atoms with Crippen LogP contribution in [-0.2, 0) is 16.0 Å². The summed E-state index contributed by atoms with van der Waals surface area (Å²) in [6.07, 6.45) is 6.08. The number of rotatable bonds is 9. The first-order valence-corrected chi connectivity index (χ1v) is 10.9. The second-order valence-electron chi connectivity index (χ2n) is 6.68. The minimum Gasteiger partial charge on any atom is -0.469 e. The molecule has 0 bridgehead atoms. The standard InChI is InChI=1S/C19H25BrN6O2S/c1-4-15(14(20)8-13-9-27-11-28-13)29-19-25-16-17(21)23-10-24-18(16)26(19)7-5-6-22-12(2)3/h4,8,10,12,22H,1,5-7,9,11H2,2-3H3,(H2,21,23,24)/b13-8+,15-14-. The van der Waals surface area contributed by atoms with Gasteiger partial charge in [0.25, 0.3) is 0 Å². The van der Waals surface area contributed by atoms with E-state index in [9.17, 15) is 0 Å². The Balaban J connectivity index is 1.90. The van der Waals surface area contributed by atoms with E-state index >= 15 is 0 Å². The molecular formula is C19H25BrN6O2S. The summed E-state index contributed by atoms with van der Waals surface area (Å²) in [5.74, 6) is 1.14. The van der Waals surface area contributed by atoms with Crippen molar-refractivity contribution in [3.63, 3.8) is 0 Å². The van der Waals surface area contributed by atoms with Crippen molar-refractivity contribution in [2.75, 3.05) is 25.7 Å². The molecule has 1 aliphatic rings. The van der Waals surface area contributed by atoms with Crippen molar-refractivity contribution in [1.29, 1.82) is 0 Å². The first-order valence-electron chi connectivity index (χ1n) is 9.31. The topological polar surface area (TPSA) is 100 Å². The van der Waals surface area contributed by atoms with Gasteiger partial charge in [-0.2, -0.15) is 0 Å². The number of hydrogen-bond donors (Lipinski definition) is 2. The van der Waals surface area contributed by atoms with E-state index in [1.165, 1.54) is 18.1 Å². The van der Waals surface area contributed by atoms with Gasteiger partial charge in [-0.15, -0.1) is 0 Å². The lowest BCUT2D eigenvalue weighted by atomic mass is 10.3. The van der Waals surface area contributed by atoms with E-state index in [2.05, 4.69) is 56.2 Å². The predicted molar refractivity (Wildman–Crippen MR) is 119 cm³/mol. The Hall–Kier alpha value is -1.88. The van der Waals surface area contributed by atoms with Crippen LogP contribution in [0, 0.1) is 0 Å². The van der Waals surface area contributed by atoms with Crippen LogP contribution in [0.1, 0.15) is 20.3 Å². The molecule has 29 heavy (non-hydrogen) atoms. The highest BCUT2D eigenvalue weighted by Gasteiger charge is 2.17. The summed E-state index contributed by atoms with van der Waals surface area (Å²) >= 11 is 5.10. The maximum atomic E-state index is 6.04. The average molecular weight is 481 g/mol. The molecule has 0 aliphatic carbocycles. The van der Waals surface area contributed by atoms with Crippen molar-refractivity contribution in [3.8, 4) is 0 Å². The normalized spacial score (nSPS) is 16.5. The zero-order chi connectivity index (χ0) is 20.8. The molecule has 0 spiro atoms. The molecular weight excluding hydrogens is 456 g/mol. The second-order valence-corrected chi connectivity index (χ2v) is 8.54. The molecule has 3 N–H and O–H groups in total. The van der Waals surface area contributed by atoms with Crippen LogP contribution in [0.25, 0.3) is 11.2 Å². The summed E-state index contributed by atoms with van der Waals surface area (Å²) in [6, 6.07) is 0.447. The monoisotopic (exact) mass is 480 g/mol. The van der Waals surface area contributed by atoms with E-state index in [0.29, 0.717) is 24.0 Å². The molecule has 3 heterocycles. The Labute approximate surface area is 182 Å². The first kappa shape index (κ1) is 21.8. The summed E-state index contributed by atoms with van der Waals surface area (Å²) in [5, 5.41) is 4.22. The van der Waals surface area contributed by atoms with Gasteiger partial charge in [0.15, 0.2) is 28.9 Å². The highest BCUT2D eigenvalue weighted by Crippen LogP contribution is 2.35. The lowest BCUT2D eigenvalue weighted by molar-refractivity contribution is 0.0800. The first-order chi connectivity index (χ1) is 14.0. The minimum absolute atomic E-state index is 0.279. The minimum atomic E-state index is 0.279. The summed E-state index contributed by atoms with van der Waals surface area (Å²) < 4.78 is 13.5. The van der Waals surface area contributed by atoms with Crippen molar-refractivity contribution in [2.45, 2.75) is 38.0 Å². The Morgan fingerprint density at radius 1 is 1.48 bits per heavy atom. The predicted octanol–water partition coefficient (Wildman–Crippen LogP) is 3.57. The van der Waals surface area contributed by atoms with Crippen molar-refractivity contribution < 1.29 is 9.47 Å². The Morgan fingerprint density at radius 2 is 2.31 bits per heavy atom. The molecule has 0 radical (unpaired) electrons. The summed E-state index contributed by atoms with van der Waals surface area (Å²) in [4.78, 5) is 14.1. The van der Waals surface area contributed by atoms with Gasteiger partial charge in [0.1, 0.15) is 18.7 Å². The quantitative estimate of drug-likeness (QED) is 0.319. The molecule has 10 heteroatoms. The van der Waals surface area contributed by atoms with Gasteiger partial charge in [0.2, 0.25) is 0 Å². The number of anilines is 1. The molecule has 0 amide bonds. The zero-order valence-electron chi connectivity index (χ0n) is 16.5. The van der Waals surface area contributed by atoms with Gasteiger partial charge >= 0.3 is 0 Å². The number of thioether (sulfide) groups is 1. The smallest absolute Gasteiger partial charge is 0.189 e. The molecule has 1 saturated heterocycles. The second kappa shape index (κ2) is 10.2. The molecule has 0 unspecified atom stereocenters. The number of aromatic nitrogens is 4. The largest absolute Gasteiger partial charge is 0.469 e. The maximum absolute atomic E-state index is 6.04. The lowest BCUT2D eigenvalue weighted by Gasteiger charge is -2.11. The van der Waals surface area contributed by atoms with Crippen molar-refractivity contribution in [3.05, 3.63) is 40.2 Å². The number of ether oxygens (including phenoxy) is 2. The number of hydrogen-bond acceptors (Lipinski definition) is 8. The molecule has 8 nitrogen and oxygen atoms in total. The summed E-state index contributed by atoms with van der Waals surface area (Å²) in [6.45, 7) is 10.6. The Morgan fingerprint density at radius 3 is 3.00 bits per heavy atom. The number of halogens is 1. The van der Waals surface area contributed by atoms with Gasteiger partial charge in [0, 0.05) is 22.0 Å². The van der Waals surface area contributed by atoms with Crippen LogP contribution in [0.3, 0.4) is 0 Å². The average Bonchev–Trinajstić information content (AvgIpc) is 3.31. The molecule has 2 aromatic rings. The zero-order valence-corrected chi connectivity index (χ0v) is 18.9. The number of fused-ring (bicyclic) bond motifs is 1. The molecule has 3 rings (SSSR count). The molecule has 0 saturated carbocycles. The van der Waals surface area contributed by atoms with E-state index in [4.69, 9.17) is 20.2 Å². The Kier molecular flexibility index (Phi) is 7.70. The van der Waals surface area contributed by atoms with Crippen LogP contribution in [-0.4, -0.2) is 45.5 Å². The van der Waals surface area contributed by atoms with Crippen molar-refractivity contribution in [1.82, 2.24) is 24.8 Å². The van der Waals surface area contributed by atoms with Crippen LogP contribution < -0.4 is 11.1 Å². The third-order valence-corrected chi connectivity index (χ3v) is 6.14. The third kappa shape index (κ3) is 5.59. The molecule has 1 fully saturated rings. The van der Waals surface area contributed by atoms with Gasteiger partial charge in [-0.1, -0.05) is 38.3 Å². The summed E-state index contributed by atoms with van der Waals surface area (Å²) in [5.41, 5.74) is 7.38. The Bertz CT molecular complexity index is 932. The fourth-order valence-electron chi connectivity index (χ4n) is 2.72. The number of aryl methyl sites for hydroxylation is 1. The molecule has 1 aliphatic heterocycles. The molecule has 156 valence electrons. The number of nitrogens with one attached hydrogen (secondary N) is 1. The van der Waals surface area contributed by atoms with E-state index in [1.807, 2.05) is 6.08 Å². The van der Waals surface area contributed by atoms with Gasteiger partial charge in [0.05, 0.1) is 0 Å². The molecule has 0 aromatic carbocycles. The van der Waals surface area contributed by atoms with Crippen LogP contribution in [0.2, 0.25) is 0 Å². The van der Waals surface area contributed by atoms with E-state index in [-0.39, 0.29) is 6.79 Å². The molecule has 2 aromatic heterocycles. The third-order valence-electron chi connectivity index (χ3n) is 4.12. The number of nitrogens with two attached hydrogens (primary N) is 1. The van der Waals surface area contributed by atoms with Crippen molar-refractivity contribution in [2.24, 2.45) is 0 Å². The van der Waals surface area contributed by atoms with Crippen LogP contribution in [0.4, 0.5) is 5.82 Å². The number of nitrogens with zero attached hydrogens (tertiary/aromatic N) is 4. The fourth-order valence-corrected chi connectivity index (χ4v) is 4.25. The SMILES string of the molecule is C=C/C(Sc1nc2c(N)ncnc2n1CCCNC(C)C)=C(Br)\C=C1/COCO1. The maximum Gasteiger partial charge on any atom is 0.189 e. The number of imidazole rings is 1. The summed E-state index contributed by atoms with van der Waals surface area (Å²) in [7, 11) is 0. The van der Waals surface area contributed by atoms with Gasteiger partial charge in [-0.05, 0) is 35.0 Å². The lowest BCUT2D eigenvalue weighted by Crippen LogP contribution is -2.24. The number of allylic oxidation sites excluding steroid dienone is 3.